The number of nitrogens with zero attached hydrogens (tertiary/aromatic N) is 2. The van der Waals surface area contributed by atoms with E-state index in [1.165, 1.54) is 11.1 Å². The highest BCUT2D eigenvalue weighted by Crippen LogP contribution is 2.22. The first-order valence-corrected chi connectivity index (χ1v) is 6.81. The predicted molar refractivity (Wildman–Crippen MR) is 86.4 cm³/mol. The summed E-state index contributed by atoms with van der Waals surface area (Å²) < 4.78 is 2.07. The third-order valence-corrected chi connectivity index (χ3v) is 3.83. The minimum absolute atomic E-state index is 0.415. The van der Waals surface area contributed by atoms with Crippen molar-refractivity contribution < 1.29 is 0 Å². The summed E-state index contributed by atoms with van der Waals surface area (Å²) in [5, 5.41) is 0. The Kier molecular flexibility index (Phi) is 3.03. The Morgan fingerprint density at radius 2 is 1.75 bits per heavy atom. The van der Waals surface area contributed by atoms with Gasteiger partial charge in [0.05, 0.1) is 11.0 Å². The summed E-state index contributed by atoms with van der Waals surface area (Å²) in [6.07, 6.45) is 1.85. The minimum Gasteiger partial charge on any atom is -0.389 e. The average Bonchev–Trinajstić information content (AvgIpc) is 2.82. The molecule has 4 heteroatoms. The van der Waals surface area contributed by atoms with Gasteiger partial charge in [-0.1, -0.05) is 12.2 Å². The number of rotatable bonds is 2. The molecule has 0 saturated carbocycles. The van der Waals surface area contributed by atoms with E-state index in [1.807, 2.05) is 30.6 Å². The second-order valence-electron chi connectivity index (χ2n) is 4.95. The molecule has 0 spiro atoms. The number of hydrogen-bond donors (Lipinski definition) is 1. The molecule has 1 aromatic heterocycles. The van der Waals surface area contributed by atoms with E-state index < -0.39 is 0 Å². The number of fused-ring (bicyclic) bond motifs is 1. The van der Waals surface area contributed by atoms with Crippen LogP contribution < -0.4 is 5.73 Å². The highest BCUT2D eigenvalue weighted by Gasteiger charge is 2.07. The van der Waals surface area contributed by atoms with Crippen molar-refractivity contribution in [3.63, 3.8) is 0 Å². The second-order valence-corrected chi connectivity index (χ2v) is 5.39. The molecule has 20 heavy (non-hydrogen) atoms. The Balaban J connectivity index is 2.14. The van der Waals surface area contributed by atoms with Gasteiger partial charge in [-0.15, -0.1) is 0 Å². The number of imidazole rings is 1. The number of benzene rings is 2. The van der Waals surface area contributed by atoms with E-state index in [4.69, 9.17) is 18.0 Å². The van der Waals surface area contributed by atoms with Crippen molar-refractivity contribution in [2.24, 2.45) is 5.73 Å². The van der Waals surface area contributed by atoms with Gasteiger partial charge in [0.1, 0.15) is 11.3 Å². The summed E-state index contributed by atoms with van der Waals surface area (Å²) in [6, 6.07) is 12.2. The Hall–Kier alpha value is -2.20. The van der Waals surface area contributed by atoms with Crippen molar-refractivity contribution in [3.8, 4) is 5.69 Å². The molecule has 0 aliphatic rings. The maximum atomic E-state index is 5.62. The fourth-order valence-electron chi connectivity index (χ4n) is 2.26. The van der Waals surface area contributed by atoms with Gasteiger partial charge in [-0.3, -0.25) is 4.57 Å². The summed E-state index contributed by atoms with van der Waals surface area (Å²) >= 11 is 4.97. The molecule has 0 unspecified atom stereocenters. The molecule has 1 heterocycles. The van der Waals surface area contributed by atoms with Gasteiger partial charge in [-0.25, -0.2) is 4.98 Å². The van der Waals surface area contributed by atoms with Crippen molar-refractivity contribution in [3.05, 3.63) is 59.4 Å². The van der Waals surface area contributed by atoms with Crippen molar-refractivity contribution in [2.75, 3.05) is 0 Å². The molecule has 0 fully saturated rings. The number of aryl methyl sites for hydroxylation is 2. The number of thiocarbonyl (C=S) groups is 1. The smallest absolute Gasteiger partial charge is 0.103 e. The highest BCUT2D eigenvalue weighted by atomic mass is 32.1. The highest BCUT2D eigenvalue weighted by molar-refractivity contribution is 7.80. The number of nitrogens with two attached hydrogens (primary N) is 1. The van der Waals surface area contributed by atoms with E-state index in [2.05, 4.69) is 35.5 Å². The standard InChI is InChI=1S/C16H15N3S/c1-10-7-14-15(8-11(10)2)19(9-18-14)13-5-3-12(4-6-13)16(17)20/h3-9H,1-2H3,(H2,17,20). The third-order valence-electron chi connectivity index (χ3n) is 3.59. The van der Waals surface area contributed by atoms with E-state index in [9.17, 15) is 0 Å². The minimum atomic E-state index is 0.415. The lowest BCUT2D eigenvalue weighted by Gasteiger charge is -2.07. The molecule has 0 saturated heterocycles. The molecular formula is C16H15N3S. The normalized spacial score (nSPS) is 10.9. The molecule has 0 atom stereocenters. The molecule has 0 amide bonds. The van der Waals surface area contributed by atoms with Gasteiger partial charge < -0.3 is 5.73 Å². The van der Waals surface area contributed by atoms with Crippen LogP contribution in [0.25, 0.3) is 16.7 Å². The van der Waals surface area contributed by atoms with Gasteiger partial charge in [-0.2, -0.15) is 0 Å². The Bertz CT molecular complexity index is 800. The van der Waals surface area contributed by atoms with Crippen LogP contribution in [-0.2, 0) is 0 Å². The van der Waals surface area contributed by atoms with Crippen LogP contribution in [0.5, 0.6) is 0 Å². The summed E-state index contributed by atoms with van der Waals surface area (Å²) in [5.41, 5.74) is 12.2. The van der Waals surface area contributed by atoms with Crippen molar-refractivity contribution in [1.29, 1.82) is 0 Å². The number of aromatic nitrogens is 2. The van der Waals surface area contributed by atoms with Crippen molar-refractivity contribution in [1.82, 2.24) is 9.55 Å². The van der Waals surface area contributed by atoms with Gasteiger partial charge in [0.25, 0.3) is 0 Å². The summed E-state index contributed by atoms with van der Waals surface area (Å²) in [7, 11) is 0. The van der Waals surface area contributed by atoms with Crippen LogP contribution in [0.1, 0.15) is 16.7 Å². The zero-order valence-electron chi connectivity index (χ0n) is 11.4. The molecular weight excluding hydrogens is 266 g/mol. The Morgan fingerprint density at radius 1 is 1.10 bits per heavy atom. The quantitative estimate of drug-likeness (QED) is 0.733. The molecule has 2 aromatic carbocycles. The van der Waals surface area contributed by atoms with Gasteiger partial charge in [0, 0.05) is 11.3 Å². The summed E-state index contributed by atoms with van der Waals surface area (Å²) in [4.78, 5) is 4.88. The molecule has 0 aliphatic carbocycles. The van der Waals surface area contributed by atoms with Crippen LogP contribution in [0.15, 0.2) is 42.7 Å². The Morgan fingerprint density at radius 3 is 2.40 bits per heavy atom. The second kappa shape index (κ2) is 4.72. The van der Waals surface area contributed by atoms with Crippen LogP contribution in [0.3, 0.4) is 0 Å². The van der Waals surface area contributed by atoms with Gasteiger partial charge in [-0.05, 0) is 61.4 Å². The van der Waals surface area contributed by atoms with E-state index in [-0.39, 0.29) is 0 Å². The SMILES string of the molecule is Cc1cc2ncn(-c3ccc(C(N)=S)cc3)c2cc1C. The van der Waals surface area contributed by atoms with E-state index in [0.717, 1.165) is 22.3 Å². The average molecular weight is 281 g/mol. The monoisotopic (exact) mass is 281 g/mol. The number of hydrogen-bond acceptors (Lipinski definition) is 2. The fourth-order valence-corrected chi connectivity index (χ4v) is 2.39. The largest absolute Gasteiger partial charge is 0.389 e. The first-order chi connectivity index (χ1) is 9.56. The fraction of sp³-hybridized carbons (Fsp3) is 0.125. The van der Waals surface area contributed by atoms with E-state index >= 15 is 0 Å². The van der Waals surface area contributed by atoms with Gasteiger partial charge in [0.2, 0.25) is 0 Å². The van der Waals surface area contributed by atoms with Crippen molar-refractivity contribution >= 4 is 28.2 Å². The first-order valence-electron chi connectivity index (χ1n) is 6.41. The lowest BCUT2D eigenvalue weighted by atomic mass is 10.1. The van der Waals surface area contributed by atoms with Crippen molar-refractivity contribution in [2.45, 2.75) is 13.8 Å². The van der Waals surface area contributed by atoms with Crippen LogP contribution in [-0.4, -0.2) is 14.5 Å². The lowest BCUT2D eigenvalue weighted by Crippen LogP contribution is -2.09. The van der Waals surface area contributed by atoms with Crippen LogP contribution in [0.4, 0.5) is 0 Å². The third kappa shape index (κ3) is 2.08. The lowest BCUT2D eigenvalue weighted by molar-refractivity contribution is 1.09. The Labute approximate surface area is 123 Å². The maximum absolute atomic E-state index is 5.62. The zero-order chi connectivity index (χ0) is 14.3. The molecule has 0 aliphatic heterocycles. The first kappa shape index (κ1) is 12.8. The topological polar surface area (TPSA) is 43.8 Å². The summed E-state index contributed by atoms with van der Waals surface area (Å²) in [5.74, 6) is 0. The molecule has 0 radical (unpaired) electrons. The van der Waals surface area contributed by atoms with Crippen LogP contribution in [0.2, 0.25) is 0 Å². The van der Waals surface area contributed by atoms with Gasteiger partial charge in [0.15, 0.2) is 0 Å². The van der Waals surface area contributed by atoms with Gasteiger partial charge >= 0.3 is 0 Å². The molecule has 3 nitrogen and oxygen atoms in total. The van der Waals surface area contributed by atoms with Crippen LogP contribution in [0, 0.1) is 13.8 Å². The molecule has 0 bridgehead atoms. The summed E-state index contributed by atoms with van der Waals surface area (Å²) in [6.45, 7) is 4.22. The molecule has 3 aromatic rings. The molecule has 2 N–H and O–H groups in total. The molecule has 100 valence electrons. The zero-order valence-corrected chi connectivity index (χ0v) is 12.2. The van der Waals surface area contributed by atoms with E-state index in [1.54, 1.807) is 0 Å². The maximum Gasteiger partial charge on any atom is 0.103 e. The van der Waals surface area contributed by atoms with Crippen LogP contribution >= 0.6 is 12.2 Å². The predicted octanol–water partition coefficient (Wildman–Crippen LogP) is 3.28. The molecule has 3 rings (SSSR count). The van der Waals surface area contributed by atoms with E-state index in [0.29, 0.717) is 4.99 Å².